The predicted molar refractivity (Wildman–Crippen MR) is 84.8 cm³/mol. The molecule has 2 rings (SSSR count). The van der Waals surface area contributed by atoms with Gasteiger partial charge in [-0.3, -0.25) is 0 Å². The number of ether oxygens (including phenoxy) is 1. The van der Waals surface area contributed by atoms with Crippen molar-refractivity contribution < 1.29 is 13.2 Å². The van der Waals surface area contributed by atoms with Gasteiger partial charge in [-0.2, -0.15) is 0 Å². The molecule has 2 N–H and O–H groups in total. The Balaban J connectivity index is 2.12. The van der Waals surface area contributed by atoms with E-state index in [4.69, 9.17) is 10.5 Å². The zero-order chi connectivity index (χ0) is 15.5. The Morgan fingerprint density at radius 2 is 1.90 bits per heavy atom. The fourth-order valence-electron chi connectivity index (χ4n) is 3.32. The first-order chi connectivity index (χ1) is 9.93. The van der Waals surface area contributed by atoms with Crippen LogP contribution in [0.4, 0.5) is 0 Å². The van der Waals surface area contributed by atoms with Crippen LogP contribution in [0.5, 0.6) is 0 Å². The molecule has 0 spiro atoms. The van der Waals surface area contributed by atoms with E-state index in [1.165, 1.54) is 6.26 Å². The average molecular weight is 311 g/mol. The summed E-state index contributed by atoms with van der Waals surface area (Å²) < 4.78 is 29.2. The molecule has 5 heteroatoms. The molecule has 0 radical (unpaired) electrons. The molecule has 0 aliphatic heterocycles. The van der Waals surface area contributed by atoms with Gasteiger partial charge < -0.3 is 10.5 Å². The molecule has 0 saturated heterocycles. The van der Waals surface area contributed by atoms with Crippen LogP contribution in [-0.2, 0) is 14.6 Å². The second kappa shape index (κ2) is 6.90. The molecule has 0 amide bonds. The van der Waals surface area contributed by atoms with Crippen molar-refractivity contribution in [3.8, 4) is 0 Å². The fourth-order valence-corrected chi connectivity index (χ4v) is 4.52. The van der Waals surface area contributed by atoms with Gasteiger partial charge in [-0.15, -0.1) is 0 Å². The molecular weight excluding hydrogens is 286 g/mol. The molecular formula is C16H25NO3S. The molecule has 1 fully saturated rings. The van der Waals surface area contributed by atoms with Gasteiger partial charge in [0.2, 0.25) is 0 Å². The van der Waals surface area contributed by atoms with E-state index in [1.54, 1.807) is 7.11 Å². The Hall–Kier alpha value is -0.910. The van der Waals surface area contributed by atoms with Crippen LogP contribution in [-0.4, -0.2) is 33.1 Å². The summed E-state index contributed by atoms with van der Waals surface area (Å²) in [5, 5.41) is -0.254. The van der Waals surface area contributed by atoms with Gasteiger partial charge in [-0.25, -0.2) is 8.42 Å². The third kappa shape index (κ3) is 4.05. The summed E-state index contributed by atoms with van der Waals surface area (Å²) in [7, 11) is -1.32. The third-order valence-corrected chi connectivity index (χ3v) is 6.19. The molecule has 1 aliphatic carbocycles. The number of benzene rings is 1. The van der Waals surface area contributed by atoms with Crippen molar-refractivity contribution in [2.45, 2.75) is 43.1 Å². The zero-order valence-corrected chi connectivity index (χ0v) is 13.6. The Morgan fingerprint density at radius 1 is 1.24 bits per heavy atom. The molecule has 0 bridgehead atoms. The predicted octanol–water partition coefficient (Wildman–Crippen LogP) is 2.30. The van der Waals surface area contributed by atoms with Crippen molar-refractivity contribution in [1.29, 1.82) is 0 Å². The van der Waals surface area contributed by atoms with E-state index < -0.39 is 9.84 Å². The van der Waals surface area contributed by atoms with Crippen LogP contribution in [0, 0.1) is 5.92 Å². The minimum atomic E-state index is -2.99. The maximum Gasteiger partial charge on any atom is 0.150 e. The van der Waals surface area contributed by atoms with Gasteiger partial charge in [-0.05, 0) is 30.7 Å². The highest BCUT2D eigenvalue weighted by Gasteiger charge is 2.35. The van der Waals surface area contributed by atoms with Crippen LogP contribution in [0.1, 0.15) is 37.4 Å². The van der Waals surface area contributed by atoms with E-state index in [-0.39, 0.29) is 23.3 Å². The average Bonchev–Trinajstić information content (AvgIpc) is 2.48. The Kier molecular flexibility index (Phi) is 5.41. The van der Waals surface area contributed by atoms with E-state index >= 15 is 0 Å². The summed E-state index contributed by atoms with van der Waals surface area (Å²) in [4.78, 5) is 0. The molecule has 4 unspecified atom stereocenters. The van der Waals surface area contributed by atoms with Gasteiger partial charge in [0, 0.05) is 19.4 Å². The summed E-state index contributed by atoms with van der Waals surface area (Å²) in [6.07, 6.45) is 4.43. The Labute approximate surface area is 127 Å². The van der Waals surface area contributed by atoms with Gasteiger partial charge in [0.1, 0.15) is 9.84 Å². The maximum absolute atomic E-state index is 11.8. The monoisotopic (exact) mass is 311 g/mol. The third-order valence-electron chi connectivity index (χ3n) is 4.55. The standard InChI is InChI=1S/C16H25NO3S/c1-20-16(12-7-4-3-5-8-12)15(17)13-9-6-10-14(11-13)21(2,18)19/h3-5,7-8,13-16H,6,9-11,17H2,1-2H3. The molecule has 4 nitrogen and oxygen atoms in total. The highest BCUT2D eigenvalue weighted by molar-refractivity contribution is 7.91. The molecule has 1 aliphatic rings. The summed E-state index contributed by atoms with van der Waals surface area (Å²) >= 11 is 0. The lowest BCUT2D eigenvalue weighted by atomic mass is 9.80. The van der Waals surface area contributed by atoms with E-state index in [2.05, 4.69) is 0 Å². The molecule has 1 saturated carbocycles. The number of rotatable bonds is 5. The zero-order valence-electron chi connectivity index (χ0n) is 12.7. The fraction of sp³-hybridized carbons (Fsp3) is 0.625. The minimum Gasteiger partial charge on any atom is -0.375 e. The van der Waals surface area contributed by atoms with E-state index in [1.807, 2.05) is 30.3 Å². The first kappa shape index (κ1) is 16.5. The van der Waals surface area contributed by atoms with E-state index in [0.29, 0.717) is 6.42 Å². The second-order valence-corrected chi connectivity index (χ2v) is 8.35. The smallest absolute Gasteiger partial charge is 0.150 e. The largest absolute Gasteiger partial charge is 0.375 e. The van der Waals surface area contributed by atoms with Crippen LogP contribution in [0.2, 0.25) is 0 Å². The quantitative estimate of drug-likeness (QED) is 0.906. The maximum atomic E-state index is 11.8. The number of hydrogen-bond acceptors (Lipinski definition) is 4. The molecule has 21 heavy (non-hydrogen) atoms. The van der Waals surface area contributed by atoms with Crippen molar-refractivity contribution in [3.63, 3.8) is 0 Å². The highest BCUT2D eigenvalue weighted by Crippen LogP contribution is 2.35. The molecule has 0 aromatic heterocycles. The van der Waals surface area contributed by atoms with Crippen molar-refractivity contribution in [1.82, 2.24) is 0 Å². The molecule has 0 heterocycles. The summed E-state index contributed by atoms with van der Waals surface area (Å²) in [5.41, 5.74) is 7.47. The van der Waals surface area contributed by atoms with Crippen LogP contribution in [0.15, 0.2) is 30.3 Å². The first-order valence-corrected chi connectivity index (χ1v) is 9.41. The van der Waals surface area contributed by atoms with Crippen LogP contribution in [0.3, 0.4) is 0 Å². The van der Waals surface area contributed by atoms with Crippen molar-refractivity contribution in [2.75, 3.05) is 13.4 Å². The van der Waals surface area contributed by atoms with Crippen molar-refractivity contribution >= 4 is 9.84 Å². The van der Waals surface area contributed by atoms with E-state index in [9.17, 15) is 8.42 Å². The highest BCUT2D eigenvalue weighted by atomic mass is 32.2. The lowest BCUT2D eigenvalue weighted by Gasteiger charge is -2.35. The topological polar surface area (TPSA) is 69.4 Å². The van der Waals surface area contributed by atoms with Gasteiger partial charge >= 0.3 is 0 Å². The van der Waals surface area contributed by atoms with Gasteiger partial charge in [0.15, 0.2) is 0 Å². The minimum absolute atomic E-state index is 0.179. The van der Waals surface area contributed by atoms with Crippen molar-refractivity contribution in [3.05, 3.63) is 35.9 Å². The van der Waals surface area contributed by atoms with Gasteiger partial charge in [0.25, 0.3) is 0 Å². The SMILES string of the molecule is COC(c1ccccc1)C(N)C1CCCC(S(C)(=O)=O)C1. The van der Waals surface area contributed by atoms with Gasteiger partial charge in [-0.1, -0.05) is 36.8 Å². The van der Waals surface area contributed by atoms with Crippen LogP contribution < -0.4 is 5.73 Å². The van der Waals surface area contributed by atoms with Gasteiger partial charge in [0.05, 0.1) is 11.4 Å². The molecule has 4 atom stereocenters. The number of nitrogens with two attached hydrogens (primary N) is 1. The molecule has 1 aromatic rings. The van der Waals surface area contributed by atoms with Crippen LogP contribution >= 0.6 is 0 Å². The second-order valence-electron chi connectivity index (χ2n) is 6.02. The number of hydrogen-bond donors (Lipinski definition) is 1. The number of sulfone groups is 1. The Bertz CT molecular complexity index is 544. The molecule has 118 valence electrons. The molecule has 1 aromatic carbocycles. The summed E-state index contributed by atoms with van der Waals surface area (Å²) in [6.45, 7) is 0. The first-order valence-electron chi connectivity index (χ1n) is 7.45. The summed E-state index contributed by atoms with van der Waals surface area (Å²) in [5.74, 6) is 0.184. The normalized spacial score (nSPS) is 26.2. The lowest BCUT2D eigenvalue weighted by Crippen LogP contribution is -2.41. The Morgan fingerprint density at radius 3 is 2.48 bits per heavy atom. The summed E-state index contributed by atoms with van der Waals surface area (Å²) in [6, 6.07) is 9.72. The van der Waals surface area contributed by atoms with Crippen LogP contribution in [0.25, 0.3) is 0 Å². The number of methoxy groups -OCH3 is 1. The van der Waals surface area contributed by atoms with E-state index in [0.717, 1.165) is 24.8 Å². The van der Waals surface area contributed by atoms with Crippen molar-refractivity contribution in [2.24, 2.45) is 11.7 Å². The lowest BCUT2D eigenvalue weighted by molar-refractivity contribution is 0.0537.